The molecule has 0 aliphatic rings. The minimum atomic E-state index is 0.819. The fraction of sp³-hybridized carbons (Fsp3) is 0. The molecule has 0 N–H and O–H groups in total. The third-order valence-corrected chi connectivity index (χ3v) is 9.09. The summed E-state index contributed by atoms with van der Waals surface area (Å²) < 4.78 is 2.21. The van der Waals surface area contributed by atoms with E-state index >= 15 is 0 Å². The van der Waals surface area contributed by atoms with Gasteiger partial charge in [0.2, 0.25) is 0 Å². The van der Waals surface area contributed by atoms with Crippen molar-refractivity contribution < 1.29 is 0 Å². The number of para-hydroxylation sites is 4. The quantitative estimate of drug-likeness (QED) is 0.174. The van der Waals surface area contributed by atoms with E-state index in [9.17, 15) is 0 Å². The van der Waals surface area contributed by atoms with E-state index < -0.39 is 0 Å². The van der Waals surface area contributed by atoms with E-state index in [4.69, 9.17) is 15.0 Å². The average Bonchev–Trinajstić information content (AvgIpc) is 3.59. The van der Waals surface area contributed by atoms with Crippen LogP contribution < -0.4 is 4.90 Å². The van der Waals surface area contributed by atoms with E-state index in [1.807, 2.05) is 30.6 Å². The highest BCUT2D eigenvalue weighted by molar-refractivity contribution is 5.89. The van der Waals surface area contributed by atoms with Crippen LogP contribution in [0.2, 0.25) is 0 Å². The lowest BCUT2D eigenvalue weighted by Crippen LogP contribution is -2.09. The highest BCUT2D eigenvalue weighted by Crippen LogP contribution is 2.37. The summed E-state index contributed by atoms with van der Waals surface area (Å²) in [5.74, 6) is 0.903. The lowest BCUT2D eigenvalue weighted by Gasteiger charge is -2.26. The number of hydrogen-bond donors (Lipinski definition) is 0. The maximum absolute atomic E-state index is 5.00. The Morgan fingerprint density at radius 1 is 0.420 bits per heavy atom. The standard InChI is InChI=1S/C45H31N5/c1-3-13-37(14-4-1)49(40-28-23-32-11-7-8-12-36(32)29-40)39-26-24-34(25-27-39)43-31-46-42(30-47-43)33-19-21-35(22-20-33)45-48-41-17-9-10-18-44(41)50(45)38-15-5-2-6-16-38/h1-31H. The van der Waals surface area contributed by atoms with Crippen molar-refractivity contribution in [2.24, 2.45) is 0 Å². The molecule has 7 aromatic carbocycles. The molecule has 0 aliphatic carbocycles. The van der Waals surface area contributed by atoms with Crippen LogP contribution in [-0.2, 0) is 0 Å². The molecule has 0 aliphatic heterocycles. The Hall–Kier alpha value is -6.85. The smallest absolute Gasteiger partial charge is 0.145 e. The first-order valence-corrected chi connectivity index (χ1v) is 16.7. The zero-order valence-corrected chi connectivity index (χ0v) is 27.1. The van der Waals surface area contributed by atoms with Gasteiger partial charge in [0, 0.05) is 39.4 Å². The molecule has 0 bridgehead atoms. The number of imidazole rings is 1. The van der Waals surface area contributed by atoms with Gasteiger partial charge in [-0.2, -0.15) is 0 Å². The van der Waals surface area contributed by atoms with Crippen LogP contribution in [0.5, 0.6) is 0 Å². The molecule has 50 heavy (non-hydrogen) atoms. The zero-order valence-electron chi connectivity index (χ0n) is 27.1. The number of rotatable bonds is 7. The van der Waals surface area contributed by atoms with Crippen molar-refractivity contribution in [3.05, 3.63) is 188 Å². The first-order chi connectivity index (χ1) is 24.8. The van der Waals surface area contributed by atoms with Gasteiger partial charge in [0.1, 0.15) is 5.82 Å². The van der Waals surface area contributed by atoms with Gasteiger partial charge in [-0.3, -0.25) is 14.5 Å². The number of fused-ring (bicyclic) bond motifs is 2. The molecule has 5 nitrogen and oxygen atoms in total. The Kier molecular flexibility index (Phi) is 7.41. The van der Waals surface area contributed by atoms with Gasteiger partial charge in [0.15, 0.2) is 0 Å². The van der Waals surface area contributed by atoms with Crippen molar-refractivity contribution in [1.29, 1.82) is 0 Å². The molecule has 2 heterocycles. The highest BCUT2D eigenvalue weighted by Gasteiger charge is 2.16. The molecule has 5 heteroatoms. The van der Waals surface area contributed by atoms with Crippen molar-refractivity contribution in [2.45, 2.75) is 0 Å². The molecule has 0 saturated heterocycles. The summed E-state index contributed by atoms with van der Waals surface area (Å²) in [7, 11) is 0. The first-order valence-electron chi connectivity index (χ1n) is 16.7. The van der Waals surface area contributed by atoms with Gasteiger partial charge in [0.25, 0.3) is 0 Å². The molecule has 9 rings (SSSR count). The maximum Gasteiger partial charge on any atom is 0.145 e. The Morgan fingerprint density at radius 3 is 1.66 bits per heavy atom. The summed E-state index contributed by atoms with van der Waals surface area (Å²) >= 11 is 0. The second-order valence-corrected chi connectivity index (χ2v) is 12.2. The van der Waals surface area contributed by atoms with Crippen molar-refractivity contribution in [3.8, 4) is 39.6 Å². The number of nitrogens with zero attached hydrogens (tertiary/aromatic N) is 5. The van der Waals surface area contributed by atoms with Gasteiger partial charge in [-0.25, -0.2) is 4.98 Å². The Bertz CT molecular complexity index is 2560. The largest absolute Gasteiger partial charge is 0.310 e. The van der Waals surface area contributed by atoms with Gasteiger partial charge >= 0.3 is 0 Å². The first kappa shape index (κ1) is 29.3. The minimum Gasteiger partial charge on any atom is -0.310 e. The van der Waals surface area contributed by atoms with Crippen LogP contribution in [0, 0.1) is 0 Å². The zero-order chi connectivity index (χ0) is 33.3. The lowest BCUT2D eigenvalue weighted by molar-refractivity contribution is 1.10. The van der Waals surface area contributed by atoms with Crippen LogP contribution >= 0.6 is 0 Å². The van der Waals surface area contributed by atoms with E-state index in [1.165, 1.54) is 10.8 Å². The lowest BCUT2D eigenvalue weighted by atomic mass is 10.1. The molecule has 236 valence electrons. The monoisotopic (exact) mass is 641 g/mol. The predicted molar refractivity (Wildman–Crippen MR) is 205 cm³/mol. The summed E-state index contributed by atoms with van der Waals surface area (Å²) in [4.78, 5) is 16.9. The summed E-state index contributed by atoms with van der Waals surface area (Å²) in [6, 6.07) is 61.1. The second-order valence-electron chi connectivity index (χ2n) is 12.2. The number of hydrogen-bond acceptors (Lipinski definition) is 4. The molecule has 0 radical (unpaired) electrons. The molecule has 0 unspecified atom stereocenters. The van der Waals surface area contributed by atoms with Crippen molar-refractivity contribution in [1.82, 2.24) is 19.5 Å². The highest BCUT2D eigenvalue weighted by atomic mass is 15.1. The van der Waals surface area contributed by atoms with Gasteiger partial charge in [-0.05, 0) is 71.4 Å². The molecular weight excluding hydrogens is 611 g/mol. The molecular formula is C45H31N5. The van der Waals surface area contributed by atoms with Gasteiger partial charge in [-0.15, -0.1) is 0 Å². The van der Waals surface area contributed by atoms with Crippen molar-refractivity contribution >= 4 is 38.9 Å². The van der Waals surface area contributed by atoms with Crippen molar-refractivity contribution in [2.75, 3.05) is 4.90 Å². The van der Waals surface area contributed by atoms with E-state index in [-0.39, 0.29) is 0 Å². The summed E-state index contributed by atoms with van der Waals surface area (Å²) in [6.45, 7) is 0. The SMILES string of the molecule is c1ccc(N(c2ccc(-c3cnc(-c4ccc(-c5nc6ccccc6n5-c5ccccc5)cc4)cn3)cc2)c2ccc3ccccc3c2)cc1. The van der Waals surface area contributed by atoms with E-state index in [2.05, 4.69) is 167 Å². The molecule has 9 aromatic rings. The van der Waals surface area contributed by atoms with Crippen LogP contribution in [0.3, 0.4) is 0 Å². The fourth-order valence-electron chi connectivity index (χ4n) is 6.60. The molecule has 0 saturated carbocycles. The van der Waals surface area contributed by atoms with Crippen LogP contribution in [0.25, 0.3) is 61.4 Å². The van der Waals surface area contributed by atoms with Crippen LogP contribution in [0.1, 0.15) is 0 Å². The molecule has 0 spiro atoms. The maximum atomic E-state index is 5.00. The van der Waals surface area contributed by atoms with Crippen LogP contribution in [0.4, 0.5) is 17.1 Å². The summed E-state index contributed by atoms with van der Waals surface area (Å²) in [5, 5.41) is 2.43. The normalized spacial score (nSPS) is 11.2. The van der Waals surface area contributed by atoms with Crippen LogP contribution in [-0.4, -0.2) is 19.5 Å². The Balaban J connectivity index is 0.987. The summed E-state index contributed by atoms with van der Waals surface area (Å²) in [5.41, 5.74) is 11.1. The van der Waals surface area contributed by atoms with E-state index in [0.717, 1.165) is 67.7 Å². The van der Waals surface area contributed by atoms with Crippen molar-refractivity contribution in [3.63, 3.8) is 0 Å². The number of benzene rings is 7. The topological polar surface area (TPSA) is 46.8 Å². The average molecular weight is 642 g/mol. The summed E-state index contributed by atoms with van der Waals surface area (Å²) in [6.07, 6.45) is 3.70. The number of aromatic nitrogens is 4. The third-order valence-electron chi connectivity index (χ3n) is 9.09. The molecule has 0 fully saturated rings. The molecule has 0 atom stereocenters. The number of anilines is 3. The van der Waals surface area contributed by atoms with Gasteiger partial charge < -0.3 is 4.90 Å². The third kappa shape index (κ3) is 5.47. The van der Waals surface area contributed by atoms with Gasteiger partial charge in [0.05, 0.1) is 34.8 Å². The van der Waals surface area contributed by atoms with E-state index in [0.29, 0.717) is 0 Å². The van der Waals surface area contributed by atoms with Gasteiger partial charge in [-0.1, -0.05) is 115 Å². The Morgan fingerprint density at radius 2 is 0.960 bits per heavy atom. The fourth-order valence-corrected chi connectivity index (χ4v) is 6.60. The molecule has 0 amide bonds. The minimum absolute atomic E-state index is 0.819. The predicted octanol–water partition coefficient (Wildman–Crippen LogP) is 11.4. The molecule has 2 aromatic heterocycles. The second kappa shape index (κ2) is 12.6. The Labute approximate surface area is 290 Å². The van der Waals surface area contributed by atoms with Crippen LogP contribution in [0.15, 0.2) is 188 Å². The van der Waals surface area contributed by atoms with E-state index in [1.54, 1.807) is 0 Å².